The van der Waals surface area contributed by atoms with Gasteiger partial charge in [0.1, 0.15) is 5.75 Å². The van der Waals surface area contributed by atoms with Gasteiger partial charge in [0.25, 0.3) is 5.91 Å². The van der Waals surface area contributed by atoms with Gasteiger partial charge in [-0.25, -0.2) is 0 Å². The molecule has 4 heteroatoms. The number of rotatable bonds is 3. The summed E-state index contributed by atoms with van der Waals surface area (Å²) in [7, 11) is 0. The Labute approximate surface area is 108 Å². The first-order valence-corrected chi connectivity index (χ1v) is 6.41. The summed E-state index contributed by atoms with van der Waals surface area (Å²) < 4.78 is 5.46. The van der Waals surface area contributed by atoms with Gasteiger partial charge in [-0.2, -0.15) is 0 Å². The Balaban J connectivity index is 1.82. The first-order valence-electron chi connectivity index (χ1n) is 6.41. The van der Waals surface area contributed by atoms with Gasteiger partial charge in [0.15, 0.2) is 6.61 Å². The number of amides is 1. The molecule has 1 heterocycles. The number of anilines is 1. The quantitative estimate of drug-likeness (QED) is 0.831. The van der Waals surface area contributed by atoms with Gasteiger partial charge in [-0.15, -0.1) is 0 Å². The van der Waals surface area contributed by atoms with E-state index in [9.17, 15) is 4.79 Å². The highest BCUT2D eigenvalue weighted by Crippen LogP contribution is 2.16. The Morgan fingerprint density at radius 3 is 2.83 bits per heavy atom. The van der Waals surface area contributed by atoms with Crippen molar-refractivity contribution in [2.45, 2.75) is 19.8 Å². The minimum Gasteiger partial charge on any atom is -0.484 e. The van der Waals surface area contributed by atoms with Crippen LogP contribution in [0.1, 0.15) is 19.8 Å². The molecule has 1 aromatic carbocycles. The van der Waals surface area contributed by atoms with Gasteiger partial charge in [-0.3, -0.25) is 4.79 Å². The van der Waals surface area contributed by atoms with E-state index in [1.807, 2.05) is 4.90 Å². The molecular formula is C14H20N2O2. The van der Waals surface area contributed by atoms with Crippen molar-refractivity contribution < 1.29 is 9.53 Å². The second kappa shape index (κ2) is 5.76. The van der Waals surface area contributed by atoms with Crippen molar-refractivity contribution in [3.8, 4) is 5.75 Å². The van der Waals surface area contributed by atoms with Crippen LogP contribution in [0.2, 0.25) is 0 Å². The number of nitrogens with two attached hydrogens (primary N) is 1. The normalized spacial score (nSPS) is 19.6. The minimum absolute atomic E-state index is 0.0679. The Morgan fingerprint density at radius 1 is 1.44 bits per heavy atom. The molecule has 0 spiro atoms. The van der Waals surface area contributed by atoms with Gasteiger partial charge in [0.05, 0.1) is 0 Å². The van der Waals surface area contributed by atoms with Crippen LogP contribution < -0.4 is 10.5 Å². The molecule has 1 atom stereocenters. The highest BCUT2D eigenvalue weighted by molar-refractivity contribution is 5.77. The maximum Gasteiger partial charge on any atom is 0.260 e. The summed E-state index contributed by atoms with van der Waals surface area (Å²) in [5, 5.41) is 0. The summed E-state index contributed by atoms with van der Waals surface area (Å²) in [4.78, 5) is 13.9. The average Bonchev–Trinajstić information content (AvgIpc) is 2.38. The molecule has 18 heavy (non-hydrogen) atoms. The summed E-state index contributed by atoms with van der Waals surface area (Å²) in [6.45, 7) is 4.00. The van der Waals surface area contributed by atoms with Crippen molar-refractivity contribution >= 4 is 11.6 Å². The van der Waals surface area contributed by atoms with Crippen molar-refractivity contribution in [3.63, 3.8) is 0 Å². The zero-order chi connectivity index (χ0) is 13.0. The fraction of sp³-hybridized carbons (Fsp3) is 0.500. The van der Waals surface area contributed by atoms with Crippen LogP contribution in [0, 0.1) is 5.92 Å². The van der Waals surface area contributed by atoms with E-state index < -0.39 is 0 Å². The van der Waals surface area contributed by atoms with Gasteiger partial charge in [0.2, 0.25) is 0 Å². The molecule has 0 bridgehead atoms. The summed E-state index contributed by atoms with van der Waals surface area (Å²) >= 11 is 0. The largest absolute Gasteiger partial charge is 0.484 e. The van der Waals surface area contributed by atoms with E-state index in [0.717, 1.165) is 19.5 Å². The van der Waals surface area contributed by atoms with E-state index in [4.69, 9.17) is 10.5 Å². The number of ether oxygens (including phenoxy) is 1. The van der Waals surface area contributed by atoms with Crippen LogP contribution in [0.5, 0.6) is 5.75 Å². The predicted octanol–water partition coefficient (Wildman–Crippen LogP) is 1.91. The van der Waals surface area contributed by atoms with Crippen molar-refractivity contribution in [1.82, 2.24) is 4.90 Å². The van der Waals surface area contributed by atoms with E-state index in [0.29, 0.717) is 17.4 Å². The zero-order valence-corrected chi connectivity index (χ0v) is 10.8. The van der Waals surface area contributed by atoms with Crippen LogP contribution in [0.4, 0.5) is 5.69 Å². The van der Waals surface area contributed by atoms with Gasteiger partial charge in [-0.05, 0) is 43.0 Å². The van der Waals surface area contributed by atoms with Crippen molar-refractivity contribution in [3.05, 3.63) is 24.3 Å². The highest BCUT2D eigenvalue weighted by atomic mass is 16.5. The molecule has 1 aliphatic heterocycles. The summed E-state index contributed by atoms with van der Waals surface area (Å²) in [6.07, 6.45) is 2.30. The summed E-state index contributed by atoms with van der Waals surface area (Å²) in [5.74, 6) is 1.35. The molecule has 0 aliphatic carbocycles. The third-order valence-corrected chi connectivity index (χ3v) is 3.25. The number of benzene rings is 1. The number of likely N-dealkylation sites (tertiary alicyclic amines) is 1. The molecular weight excluding hydrogens is 228 g/mol. The van der Waals surface area contributed by atoms with Crippen molar-refractivity contribution in [1.29, 1.82) is 0 Å². The smallest absolute Gasteiger partial charge is 0.260 e. The second-order valence-corrected chi connectivity index (χ2v) is 4.94. The van der Waals surface area contributed by atoms with E-state index in [2.05, 4.69) is 6.92 Å². The summed E-state index contributed by atoms with van der Waals surface area (Å²) in [6, 6.07) is 7.09. The monoisotopic (exact) mass is 248 g/mol. The second-order valence-electron chi connectivity index (χ2n) is 4.94. The van der Waals surface area contributed by atoms with E-state index >= 15 is 0 Å². The molecule has 98 valence electrons. The lowest BCUT2D eigenvalue weighted by Gasteiger charge is -2.30. The Hall–Kier alpha value is -1.71. The molecule has 1 aromatic rings. The lowest BCUT2D eigenvalue weighted by Crippen LogP contribution is -2.41. The van der Waals surface area contributed by atoms with Crippen LogP contribution in [0.15, 0.2) is 24.3 Å². The molecule has 1 unspecified atom stereocenters. The van der Waals surface area contributed by atoms with Gasteiger partial charge in [0, 0.05) is 18.8 Å². The van der Waals surface area contributed by atoms with Crippen molar-refractivity contribution in [2.24, 2.45) is 5.92 Å². The fourth-order valence-corrected chi connectivity index (χ4v) is 2.22. The van der Waals surface area contributed by atoms with Crippen LogP contribution in [-0.2, 0) is 4.79 Å². The van der Waals surface area contributed by atoms with Crippen LogP contribution >= 0.6 is 0 Å². The SMILES string of the molecule is CC1CCCN(C(=O)COc2ccc(N)cc2)C1. The van der Waals surface area contributed by atoms with Crippen LogP contribution in [0.3, 0.4) is 0 Å². The molecule has 4 nitrogen and oxygen atoms in total. The first kappa shape index (κ1) is 12.7. The molecule has 1 aliphatic rings. The molecule has 0 saturated carbocycles. The van der Waals surface area contributed by atoms with Crippen LogP contribution in [0.25, 0.3) is 0 Å². The number of nitrogen functional groups attached to an aromatic ring is 1. The van der Waals surface area contributed by atoms with E-state index in [-0.39, 0.29) is 12.5 Å². The van der Waals surface area contributed by atoms with Crippen molar-refractivity contribution in [2.75, 3.05) is 25.4 Å². The van der Waals surface area contributed by atoms with Gasteiger partial charge in [-0.1, -0.05) is 6.92 Å². The highest BCUT2D eigenvalue weighted by Gasteiger charge is 2.20. The predicted molar refractivity (Wildman–Crippen MR) is 71.3 cm³/mol. The number of nitrogens with zero attached hydrogens (tertiary/aromatic N) is 1. The maximum absolute atomic E-state index is 12.0. The third kappa shape index (κ3) is 3.39. The minimum atomic E-state index is 0.0679. The topological polar surface area (TPSA) is 55.6 Å². The molecule has 0 radical (unpaired) electrons. The number of piperidine rings is 1. The number of carbonyl (C=O) groups excluding carboxylic acids is 1. The maximum atomic E-state index is 12.0. The molecule has 2 rings (SSSR count). The van der Waals surface area contributed by atoms with Crippen LogP contribution in [-0.4, -0.2) is 30.5 Å². The number of hydrogen-bond acceptors (Lipinski definition) is 3. The molecule has 0 aromatic heterocycles. The zero-order valence-electron chi connectivity index (χ0n) is 10.8. The first-order chi connectivity index (χ1) is 8.65. The lowest BCUT2D eigenvalue weighted by molar-refractivity contribution is -0.135. The Bertz CT molecular complexity index is 403. The Morgan fingerprint density at radius 2 is 2.17 bits per heavy atom. The average molecular weight is 248 g/mol. The number of hydrogen-bond donors (Lipinski definition) is 1. The molecule has 1 fully saturated rings. The van der Waals surface area contributed by atoms with Gasteiger partial charge < -0.3 is 15.4 Å². The molecule has 1 amide bonds. The number of carbonyl (C=O) groups is 1. The summed E-state index contributed by atoms with van der Waals surface area (Å²) in [5.41, 5.74) is 6.28. The lowest BCUT2D eigenvalue weighted by atomic mass is 10.0. The fourth-order valence-electron chi connectivity index (χ4n) is 2.22. The van der Waals surface area contributed by atoms with E-state index in [1.54, 1.807) is 24.3 Å². The third-order valence-electron chi connectivity index (χ3n) is 3.25. The standard InChI is InChI=1S/C14H20N2O2/c1-11-3-2-8-16(9-11)14(17)10-18-13-6-4-12(15)5-7-13/h4-7,11H,2-3,8-10,15H2,1H3. The molecule has 1 saturated heterocycles. The Kier molecular flexibility index (Phi) is 4.07. The van der Waals surface area contributed by atoms with Gasteiger partial charge >= 0.3 is 0 Å². The van der Waals surface area contributed by atoms with E-state index in [1.165, 1.54) is 6.42 Å². The molecule has 2 N–H and O–H groups in total.